The standard InChI is InChI=1S/C24H32N6/c1-15-11-25-29(2)24(15)22-5-6-23(28-27-22)26-21-9-19-13-30(14-20(19)10-21)12-18-8-16-3-4-17(18)7-16/h3-6,11,16-21H,7-10,12-14H2,1-2H3,(H,26,28)/t16?,17?,18?,19-,20+,21+. The third-order valence-corrected chi connectivity index (χ3v) is 8.12. The second-order valence-electron chi connectivity index (χ2n) is 10.2. The minimum absolute atomic E-state index is 0.533. The van der Waals surface area contributed by atoms with E-state index in [0.29, 0.717) is 6.04 Å². The lowest BCUT2D eigenvalue weighted by Crippen LogP contribution is -2.31. The number of anilines is 1. The molecule has 0 spiro atoms. The predicted octanol–water partition coefficient (Wildman–Crippen LogP) is 3.52. The van der Waals surface area contributed by atoms with Crippen LogP contribution in [0.5, 0.6) is 0 Å². The molecule has 3 heterocycles. The Balaban J connectivity index is 1.03. The number of fused-ring (bicyclic) bond motifs is 3. The van der Waals surface area contributed by atoms with Crippen LogP contribution in [0.3, 0.4) is 0 Å². The quantitative estimate of drug-likeness (QED) is 0.773. The Bertz CT molecular complexity index is 914. The molecule has 3 unspecified atom stereocenters. The molecular weight excluding hydrogens is 372 g/mol. The van der Waals surface area contributed by atoms with Crippen molar-refractivity contribution in [2.75, 3.05) is 25.0 Å². The molecule has 3 aliphatic carbocycles. The third kappa shape index (κ3) is 3.25. The van der Waals surface area contributed by atoms with E-state index in [1.54, 1.807) is 0 Å². The van der Waals surface area contributed by atoms with Gasteiger partial charge in [0, 0.05) is 32.7 Å². The summed E-state index contributed by atoms with van der Waals surface area (Å²) in [5, 5.41) is 16.9. The summed E-state index contributed by atoms with van der Waals surface area (Å²) in [5.74, 6) is 5.28. The molecule has 3 fully saturated rings. The minimum Gasteiger partial charge on any atom is -0.366 e. The van der Waals surface area contributed by atoms with Crippen LogP contribution in [-0.4, -0.2) is 50.6 Å². The van der Waals surface area contributed by atoms with Crippen LogP contribution in [0.4, 0.5) is 5.82 Å². The molecule has 6 atom stereocenters. The zero-order chi connectivity index (χ0) is 20.2. The van der Waals surface area contributed by atoms with Gasteiger partial charge < -0.3 is 10.2 Å². The maximum Gasteiger partial charge on any atom is 0.148 e. The lowest BCUT2D eigenvalue weighted by molar-refractivity contribution is 0.238. The normalized spacial score (nSPS) is 34.7. The average molecular weight is 405 g/mol. The van der Waals surface area contributed by atoms with Crippen molar-refractivity contribution < 1.29 is 0 Å². The van der Waals surface area contributed by atoms with Gasteiger partial charge in [0.2, 0.25) is 0 Å². The van der Waals surface area contributed by atoms with E-state index in [1.165, 1.54) is 45.3 Å². The van der Waals surface area contributed by atoms with E-state index in [2.05, 4.69) is 56.7 Å². The molecule has 30 heavy (non-hydrogen) atoms. The maximum absolute atomic E-state index is 4.46. The summed E-state index contributed by atoms with van der Waals surface area (Å²) in [7, 11) is 1.95. The maximum atomic E-state index is 4.46. The molecule has 2 aromatic rings. The van der Waals surface area contributed by atoms with Crippen molar-refractivity contribution in [3.05, 3.63) is 36.0 Å². The van der Waals surface area contributed by atoms with E-state index in [1.807, 2.05) is 17.9 Å². The predicted molar refractivity (Wildman–Crippen MR) is 118 cm³/mol. The molecule has 2 saturated carbocycles. The van der Waals surface area contributed by atoms with E-state index in [-0.39, 0.29) is 0 Å². The van der Waals surface area contributed by atoms with Crippen molar-refractivity contribution >= 4 is 5.82 Å². The largest absolute Gasteiger partial charge is 0.366 e. The van der Waals surface area contributed by atoms with Gasteiger partial charge in [-0.25, -0.2) is 0 Å². The van der Waals surface area contributed by atoms with Crippen molar-refractivity contribution in [1.29, 1.82) is 0 Å². The van der Waals surface area contributed by atoms with Crippen molar-refractivity contribution in [1.82, 2.24) is 24.9 Å². The minimum atomic E-state index is 0.533. The molecule has 1 N–H and O–H groups in total. The van der Waals surface area contributed by atoms with Crippen LogP contribution < -0.4 is 5.32 Å². The first-order valence-electron chi connectivity index (χ1n) is 11.6. The fourth-order valence-electron chi connectivity index (χ4n) is 6.76. The molecule has 158 valence electrons. The number of nitrogens with zero attached hydrogens (tertiary/aromatic N) is 5. The van der Waals surface area contributed by atoms with E-state index < -0.39 is 0 Å². The van der Waals surface area contributed by atoms with Gasteiger partial charge in [0.25, 0.3) is 0 Å². The van der Waals surface area contributed by atoms with Crippen molar-refractivity contribution in [3.8, 4) is 11.4 Å². The van der Waals surface area contributed by atoms with Gasteiger partial charge in [-0.15, -0.1) is 10.2 Å². The molecule has 1 saturated heterocycles. The van der Waals surface area contributed by atoms with Gasteiger partial charge in [-0.2, -0.15) is 5.10 Å². The molecule has 6 heteroatoms. The Morgan fingerprint density at radius 1 is 1.03 bits per heavy atom. The Morgan fingerprint density at radius 2 is 1.87 bits per heavy atom. The smallest absolute Gasteiger partial charge is 0.148 e. The average Bonchev–Trinajstić information content (AvgIpc) is 3.52. The van der Waals surface area contributed by atoms with Gasteiger partial charge in [0.05, 0.1) is 11.9 Å². The first-order valence-corrected chi connectivity index (χ1v) is 11.6. The lowest BCUT2D eigenvalue weighted by atomic mass is 9.93. The van der Waals surface area contributed by atoms with E-state index in [9.17, 15) is 0 Å². The monoisotopic (exact) mass is 404 g/mol. The van der Waals surface area contributed by atoms with Crippen molar-refractivity contribution in [3.63, 3.8) is 0 Å². The molecule has 4 aliphatic rings. The number of aryl methyl sites for hydroxylation is 2. The second kappa shape index (κ2) is 7.19. The van der Waals surface area contributed by atoms with Gasteiger partial charge in [-0.1, -0.05) is 12.2 Å². The zero-order valence-electron chi connectivity index (χ0n) is 18.0. The third-order valence-electron chi connectivity index (χ3n) is 8.12. The number of rotatable bonds is 5. The topological polar surface area (TPSA) is 58.9 Å². The van der Waals surface area contributed by atoms with Gasteiger partial charge in [-0.05, 0) is 79.9 Å². The van der Waals surface area contributed by atoms with Crippen LogP contribution in [0.1, 0.15) is 31.2 Å². The van der Waals surface area contributed by atoms with Crippen molar-refractivity contribution in [2.24, 2.45) is 36.6 Å². The molecule has 0 amide bonds. The summed E-state index contributed by atoms with van der Waals surface area (Å²) in [5.41, 5.74) is 3.05. The fourth-order valence-corrected chi connectivity index (χ4v) is 6.76. The Kier molecular flexibility index (Phi) is 4.44. The van der Waals surface area contributed by atoms with Gasteiger partial charge >= 0.3 is 0 Å². The van der Waals surface area contributed by atoms with E-state index >= 15 is 0 Å². The summed E-state index contributed by atoms with van der Waals surface area (Å²) >= 11 is 0. The van der Waals surface area contributed by atoms with Crippen LogP contribution >= 0.6 is 0 Å². The zero-order valence-corrected chi connectivity index (χ0v) is 18.0. The molecule has 0 radical (unpaired) electrons. The van der Waals surface area contributed by atoms with Gasteiger partial charge in [-0.3, -0.25) is 4.68 Å². The van der Waals surface area contributed by atoms with Gasteiger partial charge in [0.15, 0.2) is 0 Å². The van der Waals surface area contributed by atoms with Crippen LogP contribution in [0.15, 0.2) is 30.5 Å². The number of likely N-dealkylation sites (tertiary alicyclic amines) is 1. The van der Waals surface area contributed by atoms with Crippen LogP contribution in [-0.2, 0) is 7.05 Å². The number of hydrogen-bond acceptors (Lipinski definition) is 5. The molecule has 0 aromatic carbocycles. The molecule has 2 bridgehead atoms. The number of hydrogen-bond donors (Lipinski definition) is 1. The van der Waals surface area contributed by atoms with E-state index in [0.717, 1.165) is 52.4 Å². The first-order chi connectivity index (χ1) is 14.6. The van der Waals surface area contributed by atoms with Crippen LogP contribution in [0, 0.1) is 36.5 Å². The fraction of sp³-hybridized carbons (Fsp3) is 0.625. The number of allylic oxidation sites excluding steroid dienone is 2. The van der Waals surface area contributed by atoms with Crippen LogP contribution in [0.25, 0.3) is 11.4 Å². The molecule has 6 rings (SSSR count). The Morgan fingerprint density at radius 3 is 2.47 bits per heavy atom. The van der Waals surface area contributed by atoms with Crippen molar-refractivity contribution in [2.45, 2.75) is 38.6 Å². The Labute approximate surface area is 178 Å². The molecule has 2 aromatic heterocycles. The molecular formula is C24H32N6. The second-order valence-corrected chi connectivity index (χ2v) is 10.2. The highest BCUT2D eigenvalue weighted by Crippen LogP contribution is 2.45. The summed E-state index contributed by atoms with van der Waals surface area (Å²) in [6, 6.07) is 4.66. The number of nitrogens with one attached hydrogen (secondary N) is 1. The van der Waals surface area contributed by atoms with E-state index in [4.69, 9.17) is 0 Å². The highest BCUT2D eigenvalue weighted by molar-refractivity contribution is 5.59. The lowest BCUT2D eigenvalue weighted by Gasteiger charge is -2.26. The summed E-state index contributed by atoms with van der Waals surface area (Å²) in [6.45, 7) is 5.98. The summed E-state index contributed by atoms with van der Waals surface area (Å²) in [4.78, 5) is 2.77. The molecule has 6 nitrogen and oxygen atoms in total. The van der Waals surface area contributed by atoms with Gasteiger partial charge in [0.1, 0.15) is 11.5 Å². The first kappa shape index (κ1) is 18.6. The molecule has 1 aliphatic heterocycles. The Hall–Kier alpha value is -2.21. The SMILES string of the molecule is Cc1cnn(C)c1-c1ccc(N[C@H]2C[C@@H]3CN(CC4CC5C=CC4C5)C[C@@H]3C2)nn1. The van der Waals surface area contributed by atoms with Crippen LogP contribution in [0.2, 0.25) is 0 Å². The summed E-state index contributed by atoms with van der Waals surface area (Å²) in [6.07, 6.45) is 12.2. The number of aromatic nitrogens is 4. The highest BCUT2D eigenvalue weighted by atomic mass is 15.3. The highest BCUT2D eigenvalue weighted by Gasteiger charge is 2.43. The summed E-state index contributed by atoms with van der Waals surface area (Å²) < 4.78 is 1.86.